The van der Waals surface area contributed by atoms with E-state index in [2.05, 4.69) is 0 Å². The van der Waals surface area contributed by atoms with Crippen molar-refractivity contribution in [3.63, 3.8) is 0 Å². The molecule has 0 amide bonds. The lowest BCUT2D eigenvalue weighted by Crippen LogP contribution is -2.42. The first-order chi connectivity index (χ1) is 12.8. The van der Waals surface area contributed by atoms with Gasteiger partial charge in [-0.2, -0.15) is 4.31 Å². The molecular weight excluding hydrogens is 369 g/mol. The Morgan fingerprint density at radius 3 is 2.56 bits per heavy atom. The molecular formula is C20H22FNO4S. The van der Waals surface area contributed by atoms with Crippen LogP contribution in [0.25, 0.3) is 0 Å². The first-order valence-electron chi connectivity index (χ1n) is 8.88. The molecule has 27 heavy (non-hydrogen) atoms. The number of sulfonamides is 1. The van der Waals surface area contributed by atoms with Crippen LogP contribution in [0.2, 0.25) is 0 Å². The summed E-state index contributed by atoms with van der Waals surface area (Å²) in [7, 11) is -3.90. The Bertz CT molecular complexity index is 925. The minimum atomic E-state index is -3.90. The predicted octanol–water partition coefficient (Wildman–Crippen LogP) is 3.71. The van der Waals surface area contributed by atoms with Gasteiger partial charge in [0, 0.05) is 6.54 Å². The van der Waals surface area contributed by atoms with E-state index in [4.69, 9.17) is 4.74 Å². The monoisotopic (exact) mass is 391 g/mol. The number of carbonyl (C=O) groups excluding carboxylic acids is 1. The number of benzene rings is 2. The van der Waals surface area contributed by atoms with Crippen molar-refractivity contribution >= 4 is 16.0 Å². The third kappa shape index (κ3) is 4.20. The molecule has 5 nitrogen and oxygen atoms in total. The smallest absolute Gasteiger partial charge is 0.329 e. The summed E-state index contributed by atoms with van der Waals surface area (Å²) < 4.78 is 45.4. The summed E-state index contributed by atoms with van der Waals surface area (Å²) in [5.74, 6) is -0.432. The molecule has 1 heterocycles. The second kappa shape index (κ2) is 7.78. The first-order valence-corrected chi connectivity index (χ1v) is 10.3. The fourth-order valence-corrected chi connectivity index (χ4v) is 4.77. The Hall–Kier alpha value is -2.25. The van der Waals surface area contributed by atoms with E-state index in [9.17, 15) is 17.6 Å². The lowest BCUT2D eigenvalue weighted by Gasteiger charge is -2.22. The lowest BCUT2D eigenvalue weighted by atomic mass is 10.0. The highest BCUT2D eigenvalue weighted by Crippen LogP contribution is 2.28. The van der Waals surface area contributed by atoms with Crippen molar-refractivity contribution in [3.05, 3.63) is 59.9 Å². The molecule has 2 aromatic carbocycles. The summed E-state index contributed by atoms with van der Waals surface area (Å²) in [6.07, 6.45) is 0.954. The van der Waals surface area contributed by atoms with E-state index >= 15 is 0 Å². The lowest BCUT2D eigenvalue weighted by molar-refractivity contribution is -0.137. The molecule has 1 fully saturated rings. The Morgan fingerprint density at radius 2 is 1.89 bits per heavy atom. The number of carbonyl (C=O) groups is 1. The highest BCUT2D eigenvalue weighted by atomic mass is 32.2. The molecule has 0 aliphatic carbocycles. The molecule has 1 saturated heterocycles. The molecule has 1 atom stereocenters. The van der Waals surface area contributed by atoms with Crippen molar-refractivity contribution in [3.8, 4) is 5.75 Å². The minimum Gasteiger partial charge on any atom is -0.425 e. The maximum Gasteiger partial charge on any atom is 0.329 e. The highest BCUT2D eigenvalue weighted by molar-refractivity contribution is 7.89. The van der Waals surface area contributed by atoms with Gasteiger partial charge in [-0.25, -0.2) is 17.6 Å². The van der Waals surface area contributed by atoms with Crippen molar-refractivity contribution in [2.45, 2.75) is 43.5 Å². The van der Waals surface area contributed by atoms with Gasteiger partial charge in [0.15, 0.2) is 0 Å². The van der Waals surface area contributed by atoms with Crippen LogP contribution in [0.1, 0.15) is 38.2 Å². The van der Waals surface area contributed by atoms with Crippen LogP contribution in [0.3, 0.4) is 0 Å². The van der Waals surface area contributed by atoms with E-state index in [0.29, 0.717) is 18.6 Å². The van der Waals surface area contributed by atoms with Crippen LogP contribution in [-0.2, 0) is 14.8 Å². The molecule has 0 saturated carbocycles. The Kier molecular flexibility index (Phi) is 5.62. The van der Waals surface area contributed by atoms with E-state index in [-0.39, 0.29) is 17.4 Å². The van der Waals surface area contributed by atoms with E-state index < -0.39 is 27.9 Å². The molecule has 0 bridgehead atoms. The van der Waals surface area contributed by atoms with Gasteiger partial charge in [-0.05, 0) is 60.7 Å². The Labute approximate surface area is 158 Å². The summed E-state index contributed by atoms with van der Waals surface area (Å²) in [6, 6.07) is 10.9. The zero-order valence-corrected chi connectivity index (χ0v) is 16.1. The molecule has 1 aliphatic heterocycles. The first kappa shape index (κ1) is 19.5. The fourth-order valence-electron chi connectivity index (χ4n) is 3.13. The maximum atomic E-state index is 13.1. The van der Waals surface area contributed by atoms with Crippen molar-refractivity contribution in [1.82, 2.24) is 4.31 Å². The van der Waals surface area contributed by atoms with Crippen molar-refractivity contribution < 1.29 is 22.3 Å². The van der Waals surface area contributed by atoms with Gasteiger partial charge in [0.25, 0.3) is 0 Å². The topological polar surface area (TPSA) is 63.7 Å². The number of hydrogen-bond donors (Lipinski definition) is 0. The summed E-state index contributed by atoms with van der Waals surface area (Å²) in [5.41, 5.74) is 1.03. The van der Waals surface area contributed by atoms with Crippen molar-refractivity contribution in [1.29, 1.82) is 0 Å². The van der Waals surface area contributed by atoms with Crippen LogP contribution in [0, 0.1) is 5.82 Å². The van der Waals surface area contributed by atoms with Crippen LogP contribution in [-0.4, -0.2) is 31.3 Å². The zero-order chi connectivity index (χ0) is 19.6. The largest absolute Gasteiger partial charge is 0.425 e. The van der Waals surface area contributed by atoms with Gasteiger partial charge in [-0.15, -0.1) is 0 Å². The molecule has 1 aliphatic rings. The van der Waals surface area contributed by atoms with Crippen molar-refractivity contribution in [2.24, 2.45) is 0 Å². The second-order valence-electron chi connectivity index (χ2n) is 6.88. The quantitative estimate of drug-likeness (QED) is 0.576. The molecule has 7 heteroatoms. The SMILES string of the molecule is CC(C)c1cccc(OC(=O)[C@H]2CCCN2S(=O)(=O)c2ccc(F)cc2)c1. The van der Waals surface area contributed by atoms with Crippen molar-refractivity contribution in [2.75, 3.05) is 6.54 Å². The number of ether oxygens (including phenoxy) is 1. The van der Waals surface area contributed by atoms with E-state index in [1.165, 1.54) is 12.1 Å². The highest BCUT2D eigenvalue weighted by Gasteiger charge is 2.40. The molecule has 144 valence electrons. The molecule has 0 unspecified atom stereocenters. The minimum absolute atomic E-state index is 0.0367. The van der Waals surface area contributed by atoms with E-state index in [1.54, 1.807) is 18.2 Å². The number of rotatable bonds is 5. The molecule has 0 aromatic heterocycles. The van der Waals surface area contributed by atoms with Crippen LogP contribution in [0.4, 0.5) is 4.39 Å². The van der Waals surface area contributed by atoms with Crippen LogP contribution < -0.4 is 4.74 Å². The maximum absolute atomic E-state index is 13.1. The number of hydrogen-bond acceptors (Lipinski definition) is 4. The Balaban J connectivity index is 1.80. The van der Waals surface area contributed by atoms with Crippen LogP contribution >= 0.6 is 0 Å². The molecule has 2 aromatic rings. The molecule has 0 radical (unpaired) electrons. The van der Waals surface area contributed by atoms with Gasteiger partial charge < -0.3 is 4.74 Å². The van der Waals surface area contributed by atoms with E-state index in [0.717, 1.165) is 22.0 Å². The third-order valence-electron chi connectivity index (χ3n) is 4.64. The fraction of sp³-hybridized carbons (Fsp3) is 0.350. The normalized spacial score (nSPS) is 18.0. The molecule has 0 N–H and O–H groups in total. The van der Waals surface area contributed by atoms with Gasteiger partial charge >= 0.3 is 5.97 Å². The number of esters is 1. The predicted molar refractivity (Wildman–Crippen MR) is 99.5 cm³/mol. The van der Waals surface area contributed by atoms with E-state index in [1.807, 2.05) is 19.9 Å². The average molecular weight is 391 g/mol. The van der Waals surface area contributed by atoms with Gasteiger partial charge in [-0.1, -0.05) is 26.0 Å². The number of halogens is 1. The standard InChI is InChI=1S/C20H22FNO4S/c1-14(2)15-5-3-6-17(13-15)26-20(23)19-7-4-12-22(19)27(24,25)18-10-8-16(21)9-11-18/h3,5-6,8-11,13-14,19H,4,7,12H2,1-2H3/t19-/m1/s1. The van der Waals surface area contributed by atoms with Gasteiger partial charge in [0.05, 0.1) is 4.90 Å². The second-order valence-corrected chi connectivity index (χ2v) is 8.77. The van der Waals surface area contributed by atoms with Crippen LogP contribution in [0.5, 0.6) is 5.75 Å². The summed E-state index contributed by atoms with van der Waals surface area (Å²) >= 11 is 0. The average Bonchev–Trinajstić information content (AvgIpc) is 3.13. The zero-order valence-electron chi connectivity index (χ0n) is 15.3. The summed E-state index contributed by atoms with van der Waals surface area (Å²) in [5, 5.41) is 0. The Morgan fingerprint density at radius 1 is 1.19 bits per heavy atom. The van der Waals surface area contributed by atoms with Gasteiger partial charge in [-0.3, -0.25) is 0 Å². The summed E-state index contributed by atoms with van der Waals surface area (Å²) in [4.78, 5) is 12.6. The number of nitrogens with zero attached hydrogens (tertiary/aromatic N) is 1. The molecule has 0 spiro atoms. The van der Waals surface area contributed by atoms with Gasteiger partial charge in [0.2, 0.25) is 10.0 Å². The summed E-state index contributed by atoms with van der Waals surface area (Å²) in [6.45, 7) is 4.30. The molecule has 3 rings (SSSR count). The van der Waals surface area contributed by atoms with Crippen LogP contribution in [0.15, 0.2) is 53.4 Å². The van der Waals surface area contributed by atoms with Gasteiger partial charge in [0.1, 0.15) is 17.6 Å². The third-order valence-corrected chi connectivity index (χ3v) is 6.56.